The number of benzene rings is 1. The Morgan fingerprint density at radius 2 is 2.12 bits per heavy atom. The minimum absolute atomic E-state index is 0.239. The van der Waals surface area contributed by atoms with Gasteiger partial charge < -0.3 is 4.74 Å². The van der Waals surface area contributed by atoms with Crippen molar-refractivity contribution >= 4 is 22.6 Å². The van der Waals surface area contributed by atoms with Gasteiger partial charge in [-0.25, -0.2) is 0 Å². The third-order valence-corrected chi connectivity index (χ3v) is 5.70. The van der Waals surface area contributed by atoms with Gasteiger partial charge in [-0.15, -0.1) is 5.01 Å². The number of carbonyl (C=O) groups is 1. The van der Waals surface area contributed by atoms with Gasteiger partial charge in [0.1, 0.15) is 11.3 Å². The predicted molar refractivity (Wildman–Crippen MR) is 92.7 cm³/mol. The van der Waals surface area contributed by atoms with E-state index in [1.54, 1.807) is 42.4 Å². The molecule has 1 fully saturated rings. The third kappa shape index (κ3) is 3.81. The molecule has 0 bridgehead atoms. The number of ether oxygens (including phenoxy) is 1. The highest BCUT2D eigenvalue weighted by molar-refractivity contribution is 7.85. The van der Waals surface area contributed by atoms with Crippen molar-refractivity contribution < 1.29 is 23.1 Å². The van der Waals surface area contributed by atoms with Crippen LogP contribution in [0.2, 0.25) is 0 Å². The summed E-state index contributed by atoms with van der Waals surface area (Å²) in [7, 11) is 0.742. The van der Waals surface area contributed by atoms with Crippen molar-refractivity contribution in [1.82, 2.24) is 5.27 Å². The number of nitrogens with one attached hydrogen (secondary N) is 1. The molecule has 0 aliphatic carbocycles. The van der Waals surface area contributed by atoms with Crippen LogP contribution in [0.1, 0.15) is 24.2 Å². The zero-order chi connectivity index (χ0) is 18.0. The lowest BCUT2D eigenvalue weighted by molar-refractivity contribution is -0.764. The second-order valence-electron chi connectivity index (χ2n) is 6.39. The number of carbonyl (C=O) groups excluding carboxylic acids is 1. The molecule has 0 saturated carbocycles. The van der Waals surface area contributed by atoms with Crippen molar-refractivity contribution in [3.8, 4) is 5.75 Å². The zero-order valence-corrected chi connectivity index (χ0v) is 15.2. The van der Waals surface area contributed by atoms with Gasteiger partial charge in [0.2, 0.25) is 5.27 Å². The summed E-state index contributed by atoms with van der Waals surface area (Å²) < 4.78 is 22.1. The van der Waals surface area contributed by atoms with Crippen LogP contribution in [0, 0.1) is 0 Å². The van der Waals surface area contributed by atoms with E-state index in [9.17, 15) is 9.00 Å². The predicted octanol–water partition coefficient (Wildman–Crippen LogP) is 0.702. The molecule has 3 rings (SSSR count). The van der Waals surface area contributed by atoms with Crippen molar-refractivity contribution in [3.05, 3.63) is 36.0 Å². The molecule has 1 aromatic heterocycles. The first kappa shape index (κ1) is 17.4. The molecule has 1 N–H and O–H groups in total. The number of methoxy groups -OCH3 is 1. The van der Waals surface area contributed by atoms with Gasteiger partial charge in [-0.1, -0.05) is 0 Å². The van der Waals surface area contributed by atoms with Crippen molar-refractivity contribution in [2.24, 2.45) is 0 Å². The molecule has 1 unspecified atom stereocenters. The second-order valence-corrected chi connectivity index (χ2v) is 7.97. The molecule has 134 valence electrons. The Labute approximate surface area is 148 Å². The summed E-state index contributed by atoms with van der Waals surface area (Å²) in [5.41, 5.74) is 0.166. The highest BCUT2D eigenvalue weighted by atomic mass is 32.2. The first-order valence-corrected chi connectivity index (χ1v) is 9.35. The molecule has 0 radical (unpaired) electrons. The summed E-state index contributed by atoms with van der Waals surface area (Å²) >= 11 is 0. The molecule has 1 amide bonds. The molecule has 1 aromatic carbocycles. The minimum atomic E-state index is -0.828. The molecule has 9 heteroatoms. The SMILES string of the molecule is COc1ccc(C(=O)Nc2c[n+](N3CCS(=O)CC3(C)C)no2)cc1. The van der Waals surface area contributed by atoms with E-state index in [-0.39, 0.29) is 17.3 Å². The number of rotatable bonds is 4. The number of hydrogen-bond acceptors (Lipinski definition) is 6. The number of aromatic nitrogens is 2. The average Bonchev–Trinajstić information content (AvgIpc) is 3.02. The van der Waals surface area contributed by atoms with Crippen LogP contribution in [0.5, 0.6) is 5.75 Å². The number of anilines is 1. The first-order chi connectivity index (χ1) is 11.9. The van der Waals surface area contributed by atoms with Crippen molar-refractivity contribution in [2.45, 2.75) is 19.4 Å². The van der Waals surface area contributed by atoms with Crippen LogP contribution in [-0.4, -0.2) is 46.1 Å². The molecule has 25 heavy (non-hydrogen) atoms. The lowest BCUT2D eigenvalue weighted by Gasteiger charge is -2.34. The van der Waals surface area contributed by atoms with Gasteiger partial charge in [-0.3, -0.25) is 18.8 Å². The first-order valence-electron chi connectivity index (χ1n) is 7.86. The quantitative estimate of drug-likeness (QED) is 0.803. The van der Waals surface area contributed by atoms with E-state index in [1.165, 1.54) is 0 Å². The van der Waals surface area contributed by atoms with Gasteiger partial charge in [-0.2, -0.15) is 0 Å². The summed E-state index contributed by atoms with van der Waals surface area (Å²) in [6.45, 7) is 4.60. The fourth-order valence-electron chi connectivity index (χ4n) is 2.74. The summed E-state index contributed by atoms with van der Waals surface area (Å²) in [4.78, 5) is 13.8. The van der Waals surface area contributed by atoms with Gasteiger partial charge in [0.15, 0.2) is 0 Å². The van der Waals surface area contributed by atoms with Crippen LogP contribution < -0.4 is 19.9 Å². The Kier molecular flexibility index (Phi) is 4.76. The number of amides is 1. The summed E-state index contributed by atoms with van der Waals surface area (Å²) in [5, 5.41) is 8.62. The summed E-state index contributed by atoms with van der Waals surface area (Å²) in [5.74, 6) is 1.75. The van der Waals surface area contributed by atoms with E-state index in [4.69, 9.17) is 9.26 Å². The fourth-order valence-corrected chi connectivity index (χ4v) is 4.20. The van der Waals surface area contributed by atoms with Crippen LogP contribution in [0.4, 0.5) is 5.88 Å². The lowest BCUT2D eigenvalue weighted by Crippen LogP contribution is -2.72. The van der Waals surface area contributed by atoms with E-state index in [1.807, 2.05) is 18.9 Å². The largest absolute Gasteiger partial charge is 0.497 e. The summed E-state index contributed by atoms with van der Waals surface area (Å²) in [6, 6.07) is 6.76. The Hall–Kier alpha value is -2.42. The molecule has 1 saturated heterocycles. The second kappa shape index (κ2) is 6.83. The van der Waals surface area contributed by atoms with Crippen molar-refractivity contribution in [3.63, 3.8) is 0 Å². The molecule has 1 atom stereocenters. The Morgan fingerprint density at radius 1 is 1.40 bits per heavy atom. The van der Waals surface area contributed by atoms with Gasteiger partial charge in [0.25, 0.3) is 12.1 Å². The fraction of sp³-hybridized carbons (Fsp3) is 0.438. The third-order valence-electron chi connectivity index (χ3n) is 4.04. The molecule has 8 nitrogen and oxygen atoms in total. The van der Waals surface area contributed by atoms with Crippen molar-refractivity contribution in [2.75, 3.05) is 35.5 Å². The van der Waals surface area contributed by atoms with Gasteiger partial charge in [-0.05, 0) is 38.1 Å². The topological polar surface area (TPSA) is 88.5 Å². The molecule has 0 spiro atoms. The molecule has 1 aliphatic rings. The molecular weight excluding hydrogens is 344 g/mol. The summed E-state index contributed by atoms with van der Waals surface area (Å²) in [6.07, 6.45) is 1.61. The van der Waals surface area contributed by atoms with E-state index < -0.39 is 10.8 Å². The van der Waals surface area contributed by atoms with Gasteiger partial charge >= 0.3 is 5.88 Å². The standard InChI is InChI=1S/C16H20N4O4S/c1-16(2)11-25(22)9-8-19(16)20-10-14(24-18-20)17-15(21)12-4-6-13(23-3)7-5-12/h4-7,10H,8-9,11H2,1-3H3/p+1. The maximum Gasteiger partial charge on any atom is 0.306 e. The number of nitrogens with zero attached hydrogens (tertiary/aromatic N) is 3. The average molecular weight is 365 g/mol. The normalized spacial score (nSPS) is 19.5. The van der Waals surface area contributed by atoms with E-state index in [0.717, 1.165) is 0 Å². The minimum Gasteiger partial charge on any atom is -0.497 e. The van der Waals surface area contributed by atoms with Crippen LogP contribution >= 0.6 is 0 Å². The van der Waals surface area contributed by atoms with Crippen molar-refractivity contribution in [1.29, 1.82) is 0 Å². The highest BCUT2D eigenvalue weighted by Crippen LogP contribution is 2.17. The highest BCUT2D eigenvalue weighted by Gasteiger charge is 2.41. The van der Waals surface area contributed by atoms with E-state index in [2.05, 4.69) is 10.6 Å². The molecule has 2 heterocycles. The van der Waals surface area contributed by atoms with E-state index in [0.29, 0.717) is 29.4 Å². The Bertz CT molecular complexity index is 788. The number of hydrogen-bond donors (Lipinski definition) is 1. The Morgan fingerprint density at radius 3 is 2.76 bits per heavy atom. The Balaban J connectivity index is 1.70. The molecular formula is C16H21N4O4S+. The molecule has 1 aliphatic heterocycles. The maximum atomic E-state index is 12.3. The van der Waals surface area contributed by atoms with Crippen LogP contribution in [0.15, 0.2) is 35.0 Å². The maximum absolute atomic E-state index is 12.3. The van der Waals surface area contributed by atoms with Gasteiger partial charge in [0, 0.05) is 22.1 Å². The lowest BCUT2D eigenvalue weighted by atomic mass is 10.1. The van der Waals surface area contributed by atoms with E-state index >= 15 is 0 Å². The monoisotopic (exact) mass is 365 g/mol. The van der Waals surface area contributed by atoms with Crippen LogP contribution in [0.25, 0.3) is 0 Å². The van der Waals surface area contributed by atoms with Gasteiger partial charge in [0.05, 0.1) is 24.2 Å². The van der Waals surface area contributed by atoms with Crippen LogP contribution in [-0.2, 0) is 10.8 Å². The smallest absolute Gasteiger partial charge is 0.306 e. The molecule has 2 aromatic rings. The van der Waals surface area contributed by atoms with Crippen LogP contribution in [0.3, 0.4) is 0 Å². The zero-order valence-electron chi connectivity index (χ0n) is 14.4.